The van der Waals surface area contributed by atoms with Gasteiger partial charge in [0.05, 0.1) is 12.2 Å². The Labute approximate surface area is 154 Å². The summed E-state index contributed by atoms with van der Waals surface area (Å²) in [5.74, 6) is -0.166. The molecule has 2 aliphatic rings. The van der Waals surface area contributed by atoms with Gasteiger partial charge in [-0.15, -0.1) is 0 Å². The van der Waals surface area contributed by atoms with E-state index in [9.17, 15) is 14.0 Å². The molecule has 2 atom stereocenters. The van der Waals surface area contributed by atoms with Crippen molar-refractivity contribution in [3.8, 4) is 11.5 Å². The number of hydrogen-bond donors (Lipinski definition) is 1. The first kappa shape index (κ1) is 17.1. The van der Waals surface area contributed by atoms with Crippen molar-refractivity contribution < 1.29 is 28.2 Å². The summed E-state index contributed by atoms with van der Waals surface area (Å²) in [4.78, 5) is 25.7. The molecule has 1 fully saturated rings. The fourth-order valence-electron chi connectivity index (χ4n) is 3.02. The van der Waals surface area contributed by atoms with Crippen LogP contribution in [0.15, 0.2) is 42.5 Å². The van der Waals surface area contributed by atoms with E-state index in [1.165, 1.54) is 23.1 Å². The van der Waals surface area contributed by atoms with Gasteiger partial charge in [0.25, 0.3) is 5.91 Å². The van der Waals surface area contributed by atoms with Crippen LogP contribution in [0.25, 0.3) is 0 Å². The van der Waals surface area contributed by atoms with Crippen LogP contribution in [0, 0.1) is 5.82 Å². The van der Waals surface area contributed by atoms with Crippen LogP contribution in [0.4, 0.5) is 20.6 Å². The lowest BCUT2D eigenvalue weighted by Gasteiger charge is -2.31. The van der Waals surface area contributed by atoms with E-state index in [2.05, 4.69) is 5.32 Å². The molecule has 0 saturated carbocycles. The zero-order valence-corrected chi connectivity index (χ0v) is 14.5. The number of carbonyl (C=O) groups excluding carboxylic acids is 2. The predicted molar refractivity (Wildman–Crippen MR) is 94.7 cm³/mol. The lowest BCUT2D eigenvalue weighted by Crippen LogP contribution is -2.46. The summed E-state index contributed by atoms with van der Waals surface area (Å²) in [6.45, 7) is 2.33. The standard InChI is InChI=1S/C19H17FN2O5/c1-11-17(27-16-5-3-2-4-15(16)26-11)18(23)21-14-10-12(6-7-13(14)20)22-8-9-25-19(22)24/h2-7,10-11,17H,8-9H2,1H3,(H,21,23). The molecule has 2 heterocycles. The molecule has 0 spiro atoms. The van der Waals surface area contributed by atoms with Crippen LogP contribution in [0.1, 0.15) is 6.92 Å². The Bertz CT molecular complexity index is 903. The van der Waals surface area contributed by atoms with Crippen LogP contribution in [-0.2, 0) is 9.53 Å². The molecule has 0 radical (unpaired) electrons. The minimum atomic E-state index is -0.945. The molecule has 2 aliphatic heterocycles. The summed E-state index contributed by atoms with van der Waals surface area (Å²) in [5.41, 5.74) is 0.389. The highest BCUT2D eigenvalue weighted by molar-refractivity contribution is 5.96. The van der Waals surface area contributed by atoms with Crippen molar-refractivity contribution in [3.63, 3.8) is 0 Å². The van der Waals surface area contributed by atoms with Crippen LogP contribution in [0.3, 0.4) is 0 Å². The summed E-state index contributed by atoms with van der Waals surface area (Å²) >= 11 is 0. The molecule has 7 nitrogen and oxygen atoms in total. The fraction of sp³-hybridized carbons (Fsp3) is 0.263. The molecule has 2 aromatic rings. The second-order valence-corrected chi connectivity index (χ2v) is 6.23. The van der Waals surface area contributed by atoms with Crippen molar-refractivity contribution in [2.24, 2.45) is 0 Å². The van der Waals surface area contributed by atoms with E-state index in [1.54, 1.807) is 31.2 Å². The molecule has 27 heavy (non-hydrogen) atoms. The summed E-state index contributed by atoms with van der Waals surface area (Å²) < 4.78 is 30.5. The second kappa shape index (κ2) is 6.79. The topological polar surface area (TPSA) is 77.1 Å². The van der Waals surface area contributed by atoms with Crippen molar-refractivity contribution in [1.82, 2.24) is 0 Å². The normalized spacial score (nSPS) is 21.0. The molecule has 1 saturated heterocycles. The molecule has 0 aromatic heterocycles. The third-order valence-corrected chi connectivity index (χ3v) is 4.38. The van der Waals surface area contributed by atoms with E-state index >= 15 is 0 Å². The molecule has 2 aromatic carbocycles. The zero-order valence-electron chi connectivity index (χ0n) is 14.5. The van der Waals surface area contributed by atoms with E-state index in [0.717, 1.165) is 0 Å². The lowest BCUT2D eigenvalue weighted by molar-refractivity contribution is -0.128. The molecule has 0 bridgehead atoms. The van der Waals surface area contributed by atoms with Crippen molar-refractivity contribution in [2.75, 3.05) is 23.4 Å². The van der Waals surface area contributed by atoms with Crippen LogP contribution in [0.2, 0.25) is 0 Å². The lowest BCUT2D eigenvalue weighted by atomic mass is 10.1. The number of ether oxygens (including phenoxy) is 3. The third kappa shape index (κ3) is 3.25. The quantitative estimate of drug-likeness (QED) is 0.896. The summed E-state index contributed by atoms with van der Waals surface area (Å²) in [6.07, 6.45) is -2.01. The Hall–Kier alpha value is -3.29. The minimum Gasteiger partial charge on any atom is -0.482 e. The molecule has 8 heteroatoms. The fourth-order valence-corrected chi connectivity index (χ4v) is 3.02. The number of nitrogens with zero attached hydrogens (tertiary/aromatic N) is 1. The van der Waals surface area contributed by atoms with E-state index in [4.69, 9.17) is 14.2 Å². The number of amides is 2. The molecular weight excluding hydrogens is 355 g/mol. The Balaban J connectivity index is 1.53. The number of benzene rings is 2. The van der Waals surface area contributed by atoms with Gasteiger partial charge in [0, 0.05) is 5.69 Å². The largest absolute Gasteiger partial charge is 0.482 e. The average molecular weight is 372 g/mol. The smallest absolute Gasteiger partial charge is 0.414 e. The molecular formula is C19H17FN2O5. The van der Waals surface area contributed by atoms with Crippen molar-refractivity contribution in [3.05, 3.63) is 48.3 Å². The van der Waals surface area contributed by atoms with Crippen molar-refractivity contribution in [1.29, 1.82) is 0 Å². The molecule has 1 N–H and O–H groups in total. The van der Waals surface area contributed by atoms with Gasteiger partial charge >= 0.3 is 6.09 Å². The Morgan fingerprint density at radius 2 is 1.93 bits per heavy atom. The molecule has 2 amide bonds. The molecule has 2 unspecified atom stereocenters. The van der Waals surface area contributed by atoms with Gasteiger partial charge in [-0.25, -0.2) is 9.18 Å². The van der Waals surface area contributed by atoms with Crippen molar-refractivity contribution >= 4 is 23.4 Å². The first-order chi connectivity index (χ1) is 13.0. The Morgan fingerprint density at radius 3 is 2.63 bits per heavy atom. The number of fused-ring (bicyclic) bond motifs is 1. The maximum absolute atomic E-state index is 14.2. The highest BCUT2D eigenvalue weighted by Gasteiger charge is 2.34. The molecule has 0 aliphatic carbocycles. The van der Waals surface area contributed by atoms with Gasteiger partial charge in [-0.2, -0.15) is 0 Å². The number of rotatable bonds is 3. The number of cyclic esters (lactones) is 1. The van der Waals surface area contributed by atoms with E-state index in [-0.39, 0.29) is 12.3 Å². The first-order valence-corrected chi connectivity index (χ1v) is 8.50. The van der Waals surface area contributed by atoms with E-state index in [0.29, 0.717) is 23.7 Å². The highest BCUT2D eigenvalue weighted by atomic mass is 19.1. The SMILES string of the molecule is CC1Oc2ccccc2OC1C(=O)Nc1cc(N2CCOC2=O)ccc1F. The van der Waals surface area contributed by atoms with Gasteiger partial charge in [0.2, 0.25) is 6.10 Å². The number of anilines is 2. The van der Waals surface area contributed by atoms with Gasteiger partial charge in [0.15, 0.2) is 11.5 Å². The average Bonchev–Trinajstić information content (AvgIpc) is 3.09. The van der Waals surface area contributed by atoms with E-state index < -0.39 is 30.0 Å². The molecule has 140 valence electrons. The maximum Gasteiger partial charge on any atom is 0.414 e. The van der Waals surface area contributed by atoms with Gasteiger partial charge < -0.3 is 19.5 Å². The van der Waals surface area contributed by atoms with Gasteiger partial charge in [-0.1, -0.05) is 12.1 Å². The van der Waals surface area contributed by atoms with Crippen LogP contribution >= 0.6 is 0 Å². The Morgan fingerprint density at radius 1 is 1.19 bits per heavy atom. The number of hydrogen-bond acceptors (Lipinski definition) is 5. The summed E-state index contributed by atoms with van der Waals surface area (Å²) in [7, 11) is 0. The predicted octanol–water partition coefficient (Wildman–Crippen LogP) is 2.95. The van der Waals surface area contributed by atoms with Crippen LogP contribution in [-0.4, -0.2) is 37.4 Å². The number of carbonyl (C=O) groups is 2. The van der Waals surface area contributed by atoms with Gasteiger partial charge in [0.1, 0.15) is 18.5 Å². The minimum absolute atomic E-state index is 0.0492. The van der Waals surface area contributed by atoms with Gasteiger partial charge in [-0.3, -0.25) is 9.69 Å². The van der Waals surface area contributed by atoms with Crippen LogP contribution < -0.4 is 19.7 Å². The second-order valence-electron chi connectivity index (χ2n) is 6.23. The first-order valence-electron chi connectivity index (χ1n) is 8.50. The van der Waals surface area contributed by atoms with Gasteiger partial charge in [-0.05, 0) is 37.3 Å². The number of halogens is 1. The zero-order chi connectivity index (χ0) is 19.0. The Kier molecular flexibility index (Phi) is 4.31. The van der Waals surface area contributed by atoms with Crippen LogP contribution in [0.5, 0.6) is 11.5 Å². The summed E-state index contributed by atoms with van der Waals surface area (Å²) in [5, 5.41) is 2.52. The number of nitrogens with one attached hydrogen (secondary N) is 1. The van der Waals surface area contributed by atoms with E-state index in [1.807, 2.05) is 0 Å². The van der Waals surface area contributed by atoms with Crippen molar-refractivity contribution in [2.45, 2.75) is 19.1 Å². The maximum atomic E-state index is 14.2. The molecule has 4 rings (SSSR count). The highest BCUT2D eigenvalue weighted by Crippen LogP contribution is 2.34. The summed E-state index contributed by atoms with van der Waals surface area (Å²) in [6, 6.07) is 11.1. The third-order valence-electron chi connectivity index (χ3n) is 4.38. The monoisotopic (exact) mass is 372 g/mol. The number of para-hydroxylation sites is 2.